The number of carbonyl (C=O) groups is 1. The molecule has 0 bridgehead atoms. The summed E-state index contributed by atoms with van der Waals surface area (Å²) in [7, 11) is 1.74. The minimum absolute atomic E-state index is 0.155. The van der Waals surface area contributed by atoms with Crippen LogP contribution in [0.1, 0.15) is 10.7 Å². The summed E-state index contributed by atoms with van der Waals surface area (Å²) < 4.78 is 11.5. The van der Waals surface area contributed by atoms with E-state index >= 15 is 0 Å². The van der Waals surface area contributed by atoms with Gasteiger partial charge in [-0.2, -0.15) is 0 Å². The Bertz CT molecular complexity index is 689. The number of nitrogens with zero attached hydrogens (tertiary/aromatic N) is 2. The minimum atomic E-state index is -0.179. The van der Waals surface area contributed by atoms with Crippen LogP contribution in [0.25, 0.3) is 0 Å². The highest BCUT2D eigenvalue weighted by Crippen LogP contribution is 2.30. The van der Waals surface area contributed by atoms with E-state index in [-0.39, 0.29) is 12.1 Å². The van der Waals surface area contributed by atoms with Crippen molar-refractivity contribution in [2.75, 3.05) is 20.2 Å². The third-order valence-electron chi connectivity index (χ3n) is 3.48. The normalized spacial score (nSPS) is 16.0. The van der Waals surface area contributed by atoms with Gasteiger partial charge in [-0.3, -0.25) is 0 Å². The van der Waals surface area contributed by atoms with Gasteiger partial charge < -0.3 is 19.7 Å². The molecule has 23 heavy (non-hydrogen) atoms. The molecule has 0 radical (unpaired) electrons. The van der Waals surface area contributed by atoms with E-state index in [9.17, 15) is 4.79 Å². The number of fused-ring (bicyclic) bond motifs is 1. The molecule has 0 aliphatic carbocycles. The number of thiazole rings is 1. The summed E-state index contributed by atoms with van der Waals surface area (Å²) in [5.74, 6) is 1.46. The summed E-state index contributed by atoms with van der Waals surface area (Å²) in [4.78, 5) is 18.1. The fourth-order valence-electron chi connectivity index (χ4n) is 2.33. The van der Waals surface area contributed by atoms with Crippen LogP contribution in [0.15, 0.2) is 29.6 Å². The molecule has 0 saturated carbocycles. The molecule has 0 saturated heterocycles. The first kappa shape index (κ1) is 15.6. The van der Waals surface area contributed by atoms with Crippen LogP contribution in [0.4, 0.5) is 4.79 Å². The molecule has 1 N–H and O–H groups in total. The van der Waals surface area contributed by atoms with Crippen molar-refractivity contribution in [3.05, 3.63) is 40.3 Å². The quantitative estimate of drug-likeness (QED) is 0.933. The molecule has 1 aromatic heterocycles. The van der Waals surface area contributed by atoms with Crippen molar-refractivity contribution < 1.29 is 14.3 Å². The maximum absolute atomic E-state index is 12.1. The monoisotopic (exact) mass is 333 g/mol. The van der Waals surface area contributed by atoms with Crippen molar-refractivity contribution >= 4 is 17.4 Å². The highest BCUT2D eigenvalue weighted by atomic mass is 32.1. The third kappa shape index (κ3) is 3.92. The van der Waals surface area contributed by atoms with E-state index < -0.39 is 0 Å². The number of nitrogens with one attached hydrogen (secondary N) is 1. The standard InChI is InChI=1S/C16H19N3O3S/c1-11-18-12(10-23-11)7-17-16(20)19(2)8-13-9-21-14-5-3-4-6-15(14)22-13/h3-6,10,13H,7-9H2,1-2H3,(H,17,20). The van der Waals surface area contributed by atoms with Gasteiger partial charge in [0.05, 0.1) is 23.8 Å². The molecule has 2 amide bonds. The second-order valence-corrected chi connectivity index (χ2v) is 6.46. The molecule has 0 fully saturated rings. The predicted octanol–water partition coefficient (Wildman–Crippen LogP) is 2.43. The lowest BCUT2D eigenvalue weighted by atomic mass is 10.2. The lowest BCUT2D eigenvalue weighted by molar-refractivity contribution is 0.0715. The number of hydrogen-bond acceptors (Lipinski definition) is 5. The number of aryl methyl sites for hydroxylation is 1. The first-order chi connectivity index (χ1) is 11.1. The molecular weight excluding hydrogens is 314 g/mol. The van der Waals surface area contributed by atoms with Gasteiger partial charge in [-0.15, -0.1) is 11.3 Å². The van der Waals surface area contributed by atoms with Gasteiger partial charge in [0.15, 0.2) is 17.6 Å². The van der Waals surface area contributed by atoms with Crippen molar-refractivity contribution in [2.45, 2.75) is 19.6 Å². The number of urea groups is 1. The molecule has 2 aromatic rings. The topological polar surface area (TPSA) is 63.7 Å². The number of benzene rings is 1. The van der Waals surface area contributed by atoms with Crippen LogP contribution in [0.5, 0.6) is 11.5 Å². The Kier molecular flexibility index (Phi) is 4.66. The van der Waals surface area contributed by atoms with Crippen molar-refractivity contribution in [1.29, 1.82) is 0 Å². The highest BCUT2D eigenvalue weighted by Gasteiger charge is 2.23. The first-order valence-electron chi connectivity index (χ1n) is 7.40. The molecule has 1 atom stereocenters. The van der Waals surface area contributed by atoms with E-state index in [0.29, 0.717) is 19.7 Å². The van der Waals surface area contributed by atoms with E-state index in [1.807, 2.05) is 36.6 Å². The lowest BCUT2D eigenvalue weighted by Gasteiger charge is -2.29. The number of aromatic nitrogens is 1. The Hall–Kier alpha value is -2.28. The molecule has 2 heterocycles. The van der Waals surface area contributed by atoms with Crippen molar-refractivity contribution in [2.24, 2.45) is 0 Å². The largest absolute Gasteiger partial charge is 0.486 e. The number of amides is 2. The zero-order chi connectivity index (χ0) is 16.2. The maximum Gasteiger partial charge on any atom is 0.317 e. The Morgan fingerprint density at radius 3 is 2.96 bits per heavy atom. The van der Waals surface area contributed by atoms with Crippen molar-refractivity contribution in [3.63, 3.8) is 0 Å². The summed E-state index contributed by atoms with van der Waals surface area (Å²) in [5, 5.41) is 5.80. The number of ether oxygens (including phenoxy) is 2. The van der Waals surface area contributed by atoms with E-state index in [2.05, 4.69) is 10.3 Å². The van der Waals surface area contributed by atoms with Gasteiger partial charge in [0.25, 0.3) is 0 Å². The van der Waals surface area contributed by atoms with E-state index in [0.717, 1.165) is 22.2 Å². The first-order valence-corrected chi connectivity index (χ1v) is 8.28. The molecule has 122 valence electrons. The zero-order valence-electron chi connectivity index (χ0n) is 13.1. The molecule has 7 heteroatoms. The fourth-order valence-corrected chi connectivity index (χ4v) is 2.94. The van der Waals surface area contributed by atoms with Crippen LogP contribution >= 0.6 is 11.3 Å². The van der Waals surface area contributed by atoms with Crippen molar-refractivity contribution in [3.8, 4) is 11.5 Å². The zero-order valence-corrected chi connectivity index (χ0v) is 13.9. The van der Waals surface area contributed by atoms with Crippen LogP contribution in [0, 0.1) is 6.92 Å². The van der Waals surface area contributed by atoms with Crippen LogP contribution in [0.2, 0.25) is 0 Å². The van der Waals surface area contributed by atoms with Gasteiger partial charge in [-0.25, -0.2) is 9.78 Å². The number of likely N-dealkylation sites (N-methyl/N-ethyl adjacent to an activating group) is 1. The molecule has 3 rings (SSSR count). The number of carbonyl (C=O) groups excluding carboxylic acids is 1. The highest BCUT2D eigenvalue weighted by molar-refractivity contribution is 7.09. The summed E-state index contributed by atoms with van der Waals surface area (Å²) in [6.07, 6.45) is -0.179. The second-order valence-electron chi connectivity index (χ2n) is 5.39. The smallest absolute Gasteiger partial charge is 0.317 e. The van der Waals surface area contributed by atoms with Gasteiger partial charge >= 0.3 is 6.03 Å². The lowest BCUT2D eigenvalue weighted by Crippen LogP contribution is -2.45. The van der Waals surface area contributed by atoms with Crippen LogP contribution in [-0.4, -0.2) is 42.2 Å². The number of rotatable bonds is 4. The maximum atomic E-state index is 12.1. The van der Waals surface area contributed by atoms with Gasteiger partial charge in [0.1, 0.15) is 6.61 Å². The molecular formula is C16H19N3O3S. The van der Waals surface area contributed by atoms with Crippen LogP contribution < -0.4 is 14.8 Å². The molecule has 6 nitrogen and oxygen atoms in total. The molecule has 1 unspecified atom stereocenters. The molecule has 0 spiro atoms. The fraction of sp³-hybridized carbons (Fsp3) is 0.375. The Labute approximate surface area is 139 Å². The number of para-hydroxylation sites is 2. The molecule has 1 aromatic carbocycles. The van der Waals surface area contributed by atoms with E-state index in [1.54, 1.807) is 23.3 Å². The Morgan fingerprint density at radius 2 is 2.22 bits per heavy atom. The second kappa shape index (κ2) is 6.87. The Morgan fingerprint density at radius 1 is 1.43 bits per heavy atom. The third-order valence-corrected chi connectivity index (χ3v) is 4.30. The predicted molar refractivity (Wildman–Crippen MR) is 88.1 cm³/mol. The Balaban J connectivity index is 1.49. The van der Waals surface area contributed by atoms with E-state index in [4.69, 9.17) is 9.47 Å². The van der Waals surface area contributed by atoms with Crippen LogP contribution in [-0.2, 0) is 6.54 Å². The van der Waals surface area contributed by atoms with Gasteiger partial charge in [-0.1, -0.05) is 12.1 Å². The molecule has 1 aliphatic rings. The van der Waals surface area contributed by atoms with Crippen LogP contribution in [0.3, 0.4) is 0 Å². The summed E-state index contributed by atoms with van der Waals surface area (Å²) in [5.41, 5.74) is 0.875. The SMILES string of the molecule is Cc1nc(CNC(=O)N(C)CC2COc3ccccc3O2)cs1. The minimum Gasteiger partial charge on any atom is -0.486 e. The number of hydrogen-bond donors (Lipinski definition) is 1. The van der Waals surface area contributed by atoms with Gasteiger partial charge in [0, 0.05) is 12.4 Å². The summed E-state index contributed by atoms with van der Waals surface area (Å²) in [6, 6.07) is 7.39. The van der Waals surface area contributed by atoms with Gasteiger partial charge in [-0.05, 0) is 19.1 Å². The van der Waals surface area contributed by atoms with E-state index in [1.165, 1.54) is 0 Å². The average molecular weight is 333 g/mol. The van der Waals surface area contributed by atoms with Gasteiger partial charge in [0.2, 0.25) is 0 Å². The summed E-state index contributed by atoms with van der Waals surface area (Å²) in [6.45, 7) is 3.26. The summed E-state index contributed by atoms with van der Waals surface area (Å²) >= 11 is 1.57. The van der Waals surface area contributed by atoms with Crippen molar-refractivity contribution in [1.82, 2.24) is 15.2 Å². The molecule has 1 aliphatic heterocycles. The average Bonchev–Trinajstić information content (AvgIpc) is 2.98.